The van der Waals surface area contributed by atoms with Crippen LogP contribution in [0.25, 0.3) is 0 Å². The van der Waals surface area contributed by atoms with Gasteiger partial charge in [0.15, 0.2) is 0 Å². The van der Waals surface area contributed by atoms with E-state index in [0.717, 1.165) is 0 Å². The molecule has 23 heavy (non-hydrogen) atoms. The summed E-state index contributed by atoms with van der Waals surface area (Å²) in [6, 6.07) is -1.78. The van der Waals surface area contributed by atoms with Gasteiger partial charge >= 0.3 is 0 Å². The SMILES string of the molecule is CC(=O)N[C@H](CO)C(=O)N[C@@H](CC(C)C)C(=O)N[C@@H](C)C(C)C. The number of carbonyl (C=O) groups is 3. The predicted molar refractivity (Wildman–Crippen MR) is 88.5 cm³/mol. The van der Waals surface area contributed by atoms with Crippen molar-refractivity contribution >= 4 is 17.7 Å². The molecule has 0 rings (SSSR count). The van der Waals surface area contributed by atoms with Crippen LogP contribution in [0.1, 0.15) is 48.0 Å². The lowest BCUT2D eigenvalue weighted by molar-refractivity contribution is -0.133. The molecule has 0 radical (unpaired) electrons. The monoisotopic (exact) mass is 329 g/mol. The normalized spacial score (nSPS) is 15.0. The maximum Gasteiger partial charge on any atom is 0.245 e. The van der Waals surface area contributed by atoms with Gasteiger partial charge in [-0.15, -0.1) is 0 Å². The summed E-state index contributed by atoms with van der Waals surface area (Å²) in [5.74, 6) is -0.765. The minimum atomic E-state index is -1.06. The van der Waals surface area contributed by atoms with Crippen LogP contribution in [-0.4, -0.2) is 47.6 Å². The lowest BCUT2D eigenvalue weighted by atomic mass is 10.0. The Morgan fingerprint density at radius 2 is 1.39 bits per heavy atom. The fourth-order valence-electron chi connectivity index (χ4n) is 1.91. The van der Waals surface area contributed by atoms with Gasteiger partial charge in [-0.1, -0.05) is 27.7 Å². The molecular weight excluding hydrogens is 298 g/mol. The lowest BCUT2D eigenvalue weighted by Crippen LogP contribution is -2.56. The minimum Gasteiger partial charge on any atom is -0.394 e. The average molecular weight is 329 g/mol. The molecule has 0 aliphatic carbocycles. The van der Waals surface area contributed by atoms with E-state index in [1.54, 1.807) is 0 Å². The molecule has 0 aromatic carbocycles. The van der Waals surface area contributed by atoms with Gasteiger partial charge in [0, 0.05) is 13.0 Å². The molecule has 0 heterocycles. The molecule has 0 spiro atoms. The van der Waals surface area contributed by atoms with Gasteiger partial charge in [-0.05, 0) is 25.2 Å². The Morgan fingerprint density at radius 1 is 0.870 bits per heavy atom. The quantitative estimate of drug-likeness (QED) is 0.484. The molecule has 0 bridgehead atoms. The Balaban J connectivity index is 4.92. The van der Waals surface area contributed by atoms with Gasteiger partial charge in [-0.25, -0.2) is 0 Å². The number of hydrogen-bond acceptors (Lipinski definition) is 4. The van der Waals surface area contributed by atoms with E-state index in [1.807, 2.05) is 34.6 Å². The molecule has 3 amide bonds. The number of hydrogen-bond donors (Lipinski definition) is 4. The predicted octanol–water partition coefficient (Wildman–Crippen LogP) is 0.175. The van der Waals surface area contributed by atoms with Crippen LogP contribution < -0.4 is 16.0 Å². The Morgan fingerprint density at radius 3 is 1.78 bits per heavy atom. The standard InChI is InChI=1S/C16H31N3O4/c1-9(2)7-13(15(22)17-11(5)10(3)4)19-16(23)14(8-20)18-12(6)21/h9-11,13-14,20H,7-8H2,1-6H3,(H,17,22)(H,18,21)(H,19,23)/t11-,13-,14+/m0/s1. The van der Waals surface area contributed by atoms with E-state index in [-0.39, 0.29) is 23.8 Å². The van der Waals surface area contributed by atoms with Crippen molar-refractivity contribution in [3.8, 4) is 0 Å². The van der Waals surface area contributed by atoms with Gasteiger partial charge in [0.1, 0.15) is 12.1 Å². The Labute approximate surface area is 138 Å². The third kappa shape index (κ3) is 8.54. The van der Waals surface area contributed by atoms with Crippen molar-refractivity contribution in [2.45, 2.75) is 66.1 Å². The van der Waals surface area contributed by atoms with Crippen molar-refractivity contribution in [3.05, 3.63) is 0 Å². The number of aliphatic hydroxyl groups excluding tert-OH is 1. The molecule has 0 fully saturated rings. The molecule has 0 aromatic rings. The molecule has 134 valence electrons. The van der Waals surface area contributed by atoms with Crippen LogP contribution in [0.2, 0.25) is 0 Å². The van der Waals surface area contributed by atoms with Crippen molar-refractivity contribution in [2.75, 3.05) is 6.61 Å². The highest BCUT2D eigenvalue weighted by Gasteiger charge is 2.27. The molecule has 0 aliphatic rings. The number of aliphatic hydroxyl groups is 1. The van der Waals surface area contributed by atoms with Crippen molar-refractivity contribution < 1.29 is 19.5 Å². The lowest BCUT2D eigenvalue weighted by Gasteiger charge is -2.25. The first-order valence-corrected chi connectivity index (χ1v) is 8.07. The second-order valence-electron chi connectivity index (χ2n) is 6.67. The molecule has 0 aliphatic heterocycles. The molecular formula is C16H31N3O4. The third-order valence-electron chi connectivity index (χ3n) is 3.59. The summed E-state index contributed by atoms with van der Waals surface area (Å²) >= 11 is 0. The summed E-state index contributed by atoms with van der Waals surface area (Å²) in [5.41, 5.74) is 0. The summed E-state index contributed by atoms with van der Waals surface area (Å²) < 4.78 is 0. The Bertz CT molecular complexity index is 410. The second-order valence-corrected chi connectivity index (χ2v) is 6.67. The van der Waals surface area contributed by atoms with E-state index in [9.17, 15) is 19.5 Å². The highest BCUT2D eigenvalue weighted by molar-refractivity contribution is 5.91. The number of carbonyl (C=O) groups excluding carboxylic acids is 3. The zero-order chi connectivity index (χ0) is 18.2. The molecule has 0 saturated heterocycles. The van der Waals surface area contributed by atoms with Crippen LogP contribution in [0, 0.1) is 11.8 Å². The van der Waals surface area contributed by atoms with Gasteiger partial charge in [0.05, 0.1) is 6.61 Å². The first-order chi connectivity index (χ1) is 10.6. The summed E-state index contributed by atoms with van der Waals surface area (Å²) in [7, 11) is 0. The molecule has 4 N–H and O–H groups in total. The number of rotatable bonds is 9. The van der Waals surface area contributed by atoms with E-state index in [1.165, 1.54) is 6.92 Å². The van der Waals surface area contributed by atoms with Crippen molar-refractivity contribution in [3.63, 3.8) is 0 Å². The first kappa shape index (κ1) is 21.4. The van der Waals surface area contributed by atoms with Crippen LogP contribution >= 0.6 is 0 Å². The van der Waals surface area contributed by atoms with E-state index < -0.39 is 30.5 Å². The summed E-state index contributed by atoms with van der Waals surface area (Å²) in [4.78, 5) is 35.6. The van der Waals surface area contributed by atoms with E-state index in [0.29, 0.717) is 6.42 Å². The van der Waals surface area contributed by atoms with Gasteiger partial charge < -0.3 is 21.1 Å². The average Bonchev–Trinajstić information content (AvgIpc) is 2.42. The Hall–Kier alpha value is -1.63. The van der Waals surface area contributed by atoms with Crippen molar-refractivity contribution in [2.24, 2.45) is 11.8 Å². The molecule has 0 saturated carbocycles. The fourth-order valence-corrected chi connectivity index (χ4v) is 1.91. The summed E-state index contributed by atoms with van der Waals surface area (Å²) in [6.07, 6.45) is 0.473. The van der Waals surface area contributed by atoms with Crippen LogP contribution in [0.4, 0.5) is 0 Å². The maximum absolute atomic E-state index is 12.4. The van der Waals surface area contributed by atoms with Crippen molar-refractivity contribution in [1.29, 1.82) is 0 Å². The van der Waals surface area contributed by atoms with Crippen molar-refractivity contribution in [1.82, 2.24) is 16.0 Å². The van der Waals surface area contributed by atoms with Crippen LogP contribution in [0.5, 0.6) is 0 Å². The molecule has 0 unspecified atom stereocenters. The second kappa shape index (κ2) is 10.2. The van der Waals surface area contributed by atoms with Gasteiger partial charge in [-0.2, -0.15) is 0 Å². The molecule has 3 atom stereocenters. The maximum atomic E-state index is 12.4. The summed E-state index contributed by atoms with van der Waals surface area (Å²) in [6.45, 7) is 10.6. The fraction of sp³-hybridized carbons (Fsp3) is 0.812. The van der Waals surface area contributed by atoms with Gasteiger partial charge in [0.2, 0.25) is 17.7 Å². The molecule has 0 aromatic heterocycles. The number of amides is 3. The van der Waals surface area contributed by atoms with Crippen LogP contribution in [0.15, 0.2) is 0 Å². The Kier molecular flexibility index (Phi) is 9.48. The van der Waals surface area contributed by atoms with E-state index >= 15 is 0 Å². The van der Waals surface area contributed by atoms with Crippen LogP contribution in [-0.2, 0) is 14.4 Å². The third-order valence-corrected chi connectivity index (χ3v) is 3.59. The first-order valence-electron chi connectivity index (χ1n) is 8.07. The zero-order valence-corrected chi connectivity index (χ0v) is 15.0. The van der Waals surface area contributed by atoms with Crippen LogP contribution in [0.3, 0.4) is 0 Å². The van der Waals surface area contributed by atoms with E-state index in [2.05, 4.69) is 16.0 Å². The van der Waals surface area contributed by atoms with E-state index in [4.69, 9.17) is 0 Å². The summed E-state index contributed by atoms with van der Waals surface area (Å²) in [5, 5.41) is 17.1. The molecule has 7 heteroatoms. The highest BCUT2D eigenvalue weighted by Crippen LogP contribution is 2.07. The largest absolute Gasteiger partial charge is 0.394 e. The highest BCUT2D eigenvalue weighted by atomic mass is 16.3. The zero-order valence-electron chi connectivity index (χ0n) is 15.0. The molecule has 7 nitrogen and oxygen atoms in total. The van der Waals surface area contributed by atoms with Gasteiger partial charge in [-0.3, -0.25) is 14.4 Å². The smallest absolute Gasteiger partial charge is 0.245 e. The van der Waals surface area contributed by atoms with Gasteiger partial charge in [0.25, 0.3) is 0 Å². The minimum absolute atomic E-state index is 0.0157. The topological polar surface area (TPSA) is 108 Å². The number of nitrogens with one attached hydrogen (secondary N) is 3.